The van der Waals surface area contributed by atoms with Gasteiger partial charge in [-0.15, -0.1) is 11.3 Å². The number of hydrogen-bond acceptors (Lipinski definition) is 5. The molecule has 124 valence electrons. The zero-order valence-corrected chi connectivity index (χ0v) is 14.7. The van der Waals surface area contributed by atoms with Gasteiger partial charge < -0.3 is 9.30 Å². The van der Waals surface area contributed by atoms with Crippen molar-refractivity contribution >= 4 is 11.3 Å². The van der Waals surface area contributed by atoms with Crippen molar-refractivity contribution in [3.05, 3.63) is 33.8 Å². The number of rotatable bonds is 6. The summed E-state index contributed by atoms with van der Waals surface area (Å²) in [6.07, 6.45) is 4.80. The Hall–Kier alpha value is -1.24. The zero-order valence-electron chi connectivity index (χ0n) is 13.9. The Labute approximate surface area is 141 Å². The van der Waals surface area contributed by atoms with E-state index in [1.54, 1.807) is 11.3 Å². The first-order valence-electron chi connectivity index (χ1n) is 8.48. The third kappa shape index (κ3) is 3.34. The summed E-state index contributed by atoms with van der Waals surface area (Å²) in [6, 6.07) is 0.416. The van der Waals surface area contributed by atoms with Gasteiger partial charge in [0.2, 0.25) is 0 Å². The van der Waals surface area contributed by atoms with Crippen molar-refractivity contribution < 1.29 is 4.74 Å². The normalized spacial score (nSPS) is 21.6. The average molecular weight is 332 g/mol. The van der Waals surface area contributed by atoms with E-state index in [-0.39, 0.29) is 0 Å². The Morgan fingerprint density at radius 2 is 2.17 bits per heavy atom. The second-order valence-corrected chi connectivity index (χ2v) is 7.79. The van der Waals surface area contributed by atoms with E-state index in [0.29, 0.717) is 19.3 Å². The van der Waals surface area contributed by atoms with Crippen LogP contribution in [0.5, 0.6) is 0 Å². The minimum Gasteiger partial charge on any atom is -0.369 e. The highest BCUT2D eigenvalue weighted by molar-refractivity contribution is 7.09. The Morgan fingerprint density at radius 3 is 2.91 bits per heavy atom. The first kappa shape index (κ1) is 15.3. The van der Waals surface area contributed by atoms with E-state index in [2.05, 4.69) is 31.7 Å². The summed E-state index contributed by atoms with van der Waals surface area (Å²) in [4.78, 5) is 11.7. The fraction of sp³-hybridized carbons (Fsp3) is 0.647. The van der Waals surface area contributed by atoms with Crippen LogP contribution in [0.4, 0.5) is 0 Å². The van der Waals surface area contributed by atoms with Crippen LogP contribution in [0.3, 0.4) is 0 Å². The van der Waals surface area contributed by atoms with Crippen molar-refractivity contribution in [2.24, 2.45) is 5.92 Å². The van der Waals surface area contributed by atoms with Crippen LogP contribution in [-0.4, -0.2) is 32.5 Å². The molecule has 6 heteroatoms. The fourth-order valence-corrected chi connectivity index (χ4v) is 3.93. The smallest absolute Gasteiger partial charge is 0.126 e. The van der Waals surface area contributed by atoms with Crippen molar-refractivity contribution in [3.63, 3.8) is 0 Å². The third-order valence-electron chi connectivity index (χ3n) is 4.86. The van der Waals surface area contributed by atoms with E-state index in [4.69, 9.17) is 4.74 Å². The minimum atomic E-state index is 0.416. The highest BCUT2D eigenvalue weighted by atomic mass is 32.1. The van der Waals surface area contributed by atoms with Crippen LogP contribution in [0.15, 0.2) is 11.6 Å². The molecule has 3 heterocycles. The van der Waals surface area contributed by atoms with E-state index in [1.807, 2.05) is 13.1 Å². The molecule has 0 N–H and O–H groups in total. The van der Waals surface area contributed by atoms with Crippen LogP contribution >= 0.6 is 11.3 Å². The quantitative estimate of drug-likeness (QED) is 0.815. The molecule has 23 heavy (non-hydrogen) atoms. The Bertz CT molecular complexity index is 676. The first-order chi connectivity index (χ1) is 11.2. The molecule has 1 fully saturated rings. The molecule has 1 unspecified atom stereocenters. The highest BCUT2D eigenvalue weighted by Gasteiger charge is 2.31. The van der Waals surface area contributed by atoms with Gasteiger partial charge >= 0.3 is 0 Å². The average Bonchev–Trinajstić information content (AvgIpc) is 3.11. The van der Waals surface area contributed by atoms with Crippen molar-refractivity contribution in [2.75, 3.05) is 13.1 Å². The molecule has 1 aliphatic heterocycles. The van der Waals surface area contributed by atoms with Gasteiger partial charge in [-0.2, -0.15) is 0 Å². The van der Waals surface area contributed by atoms with Crippen molar-refractivity contribution in [3.8, 4) is 0 Å². The summed E-state index contributed by atoms with van der Waals surface area (Å²) < 4.78 is 8.20. The van der Waals surface area contributed by atoms with E-state index in [0.717, 1.165) is 29.7 Å². The molecule has 4 rings (SSSR count). The van der Waals surface area contributed by atoms with Gasteiger partial charge in [-0.1, -0.05) is 0 Å². The summed E-state index contributed by atoms with van der Waals surface area (Å²) in [7, 11) is 0. The predicted molar refractivity (Wildman–Crippen MR) is 90.3 cm³/mol. The van der Waals surface area contributed by atoms with Gasteiger partial charge in [0.1, 0.15) is 5.82 Å². The van der Waals surface area contributed by atoms with E-state index in [1.165, 1.54) is 30.9 Å². The Balaban J connectivity index is 1.37. The number of fused-ring (bicyclic) bond motifs is 1. The third-order valence-corrected chi connectivity index (χ3v) is 5.68. The van der Waals surface area contributed by atoms with E-state index < -0.39 is 0 Å². The lowest BCUT2D eigenvalue weighted by molar-refractivity contribution is 0.0953. The number of imidazole rings is 1. The largest absolute Gasteiger partial charge is 0.369 e. The van der Waals surface area contributed by atoms with Crippen LogP contribution in [0, 0.1) is 12.8 Å². The van der Waals surface area contributed by atoms with Crippen LogP contribution < -0.4 is 0 Å². The Morgan fingerprint density at radius 1 is 1.30 bits per heavy atom. The topological polar surface area (TPSA) is 43.2 Å². The molecule has 1 atom stereocenters. The molecule has 2 aromatic rings. The second kappa shape index (κ2) is 6.34. The molecule has 0 radical (unpaired) electrons. The van der Waals surface area contributed by atoms with Gasteiger partial charge in [0.15, 0.2) is 0 Å². The number of thiazole rings is 1. The van der Waals surface area contributed by atoms with Crippen LogP contribution in [-0.2, 0) is 24.5 Å². The van der Waals surface area contributed by atoms with Crippen molar-refractivity contribution in [1.82, 2.24) is 19.4 Å². The summed E-state index contributed by atoms with van der Waals surface area (Å²) in [6.45, 7) is 8.88. The molecule has 0 spiro atoms. The van der Waals surface area contributed by atoms with Crippen molar-refractivity contribution in [2.45, 2.75) is 52.5 Å². The summed E-state index contributed by atoms with van der Waals surface area (Å²) >= 11 is 1.67. The second-order valence-electron chi connectivity index (χ2n) is 6.72. The first-order valence-corrected chi connectivity index (χ1v) is 9.36. The molecular weight excluding hydrogens is 308 g/mol. The van der Waals surface area contributed by atoms with Gasteiger partial charge in [-0.05, 0) is 32.6 Å². The maximum Gasteiger partial charge on any atom is 0.126 e. The van der Waals surface area contributed by atoms with Gasteiger partial charge in [0, 0.05) is 25.0 Å². The maximum absolute atomic E-state index is 5.85. The molecule has 5 nitrogen and oxygen atoms in total. The standard InChI is InChI=1S/C17H24N4OS/c1-12-17-18-7-16(10-22-9-15-11-23-13(2)19-15)21(17)6-5-20(12)8-14-3-4-14/h7,11-12,14H,3-6,8-10H2,1-2H3. The van der Waals surface area contributed by atoms with Gasteiger partial charge in [0.25, 0.3) is 0 Å². The molecule has 1 saturated carbocycles. The summed E-state index contributed by atoms with van der Waals surface area (Å²) in [5.74, 6) is 2.13. The predicted octanol–water partition coefficient (Wildman–Crippen LogP) is 3.15. The monoisotopic (exact) mass is 332 g/mol. The molecule has 1 aliphatic carbocycles. The SMILES string of the molecule is Cc1nc(COCc2cnc3n2CCN(CC2CC2)C3C)cs1. The molecule has 0 aromatic carbocycles. The fourth-order valence-electron chi connectivity index (χ4n) is 3.34. The molecule has 0 amide bonds. The van der Waals surface area contributed by atoms with Crippen LogP contribution in [0.25, 0.3) is 0 Å². The maximum atomic E-state index is 5.85. The lowest BCUT2D eigenvalue weighted by Gasteiger charge is -2.34. The number of hydrogen-bond donors (Lipinski definition) is 0. The number of ether oxygens (including phenoxy) is 1. The number of aromatic nitrogens is 3. The molecule has 2 aliphatic rings. The van der Waals surface area contributed by atoms with Gasteiger partial charge in [0.05, 0.1) is 41.8 Å². The Kier molecular flexibility index (Phi) is 4.22. The van der Waals surface area contributed by atoms with Crippen molar-refractivity contribution in [1.29, 1.82) is 0 Å². The zero-order chi connectivity index (χ0) is 15.8. The highest BCUT2D eigenvalue weighted by Crippen LogP contribution is 2.34. The van der Waals surface area contributed by atoms with Gasteiger partial charge in [-0.3, -0.25) is 4.90 Å². The lowest BCUT2D eigenvalue weighted by Crippen LogP contribution is -2.38. The molecule has 2 aromatic heterocycles. The summed E-state index contributed by atoms with van der Waals surface area (Å²) in [5.41, 5.74) is 2.21. The van der Waals surface area contributed by atoms with Crippen LogP contribution in [0.2, 0.25) is 0 Å². The molecule has 0 saturated heterocycles. The van der Waals surface area contributed by atoms with Gasteiger partial charge in [-0.25, -0.2) is 9.97 Å². The van der Waals surface area contributed by atoms with E-state index >= 15 is 0 Å². The van der Waals surface area contributed by atoms with E-state index in [9.17, 15) is 0 Å². The minimum absolute atomic E-state index is 0.416. The summed E-state index contributed by atoms with van der Waals surface area (Å²) in [5, 5.41) is 3.16. The molecule has 0 bridgehead atoms. The lowest BCUT2D eigenvalue weighted by atomic mass is 10.2. The number of nitrogens with zero attached hydrogens (tertiary/aromatic N) is 4. The number of aryl methyl sites for hydroxylation is 1. The molecular formula is C17H24N4OS. The van der Waals surface area contributed by atoms with Crippen LogP contribution in [0.1, 0.15) is 48.0 Å².